The van der Waals surface area contributed by atoms with Gasteiger partial charge in [-0.1, -0.05) is 0 Å². The summed E-state index contributed by atoms with van der Waals surface area (Å²) in [6.45, 7) is -0.585. The number of hydrogen-bond donors (Lipinski definition) is 5. The van der Waals surface area contributed by atoms with Gasteiger partial charge in [-0.05, 0) is 36.4 Å². The van der Waals surface area contributed by atoms with Gasteiger partial charge in [-0.15, -0.1) is 0 Å². The first-order valence-electron chi connectivity index (χ1n) is 7.20. The maximum absolute atomic E-state index is 11.9. The summed E-state index contributed by atoms with van der Waals surface area (Å²) in [5.74, 6) is -2.34. The number of anilines is 2. The van der Waals surface area contributed by atoms with E-state index in [1.807, 2.05) is 0 Å². The van der Waals surface area contributed by atoms with E-state index < -0.39 is 18.4 Å². The lowest BCUT2D eigenvalue weighted by Gasteiger charge is -2.09. The molecule has 25 heavy (non-hydrogen) atoms. The average molecular weight is 344 g/mol. The van der Waals surface area contributed by atoms with Crippen molar-refractivity contribution in [3.63, 3.8) is 0 Å². The fourth-order valence-corrected chi connectivity index (χ4v) is 1.93. The maximum Gasteiger partial charge on any atom is 0.322 e. The number of nitrogens with zero attached hydrogens (tertiary/aromatic N) is 1. The summed E-state index contributed by atoms with van der Waals surface area (Å²) in [4.78, 5) is 37.8. The van der Waals surface area contributed by atoms with Crippen molar-refractivity contribution in [2.24, 2.45) is 0 Å². The fraction of sp³-hybridized carbons (Fsp3) is 0.125. The molecule has 9 nitrogen and oxygen atoms in total. The highest BCUT2D eigenvalue weighted by Gasteiger charge is 2.15. The number of pyridine rings is 1. The van der Waals surface area contributed by atoms with Gasteiger partial charge < -0.3 is 26.2 Å². The lowest BCUT2D eigenvalue weighted by Crippen LogP contribution is -2.30. The number of nitrogens with one attached hydrogen (secondary N) is 3. The number of carboxylic acids is 1. The Labute approximate surface area is 142 Å². The van der Waals surface area contributed by atoms with Crippen molar-refractivity contribution in [2.45, 2.75) is 0 Å². The van der Waals surface area contributed by atoms with Crippen molar-refractivity contribution in [1.82, 2.24) is 15.6 Å². The van der Waals surface area contributed by atoms with E-state index in [2.05, 4.69) is 20.9 Å². The molecule has 2 aromatic rings. The minimum Gasteiger partial charge on any atom is -0.505 e. The molecule has 0 spiro atoms. The molecular formula is C16H16N4O5. The van der Waals surface area contributed by atoms with E-state index in [-0.39, 0.29) is 23.2 Å². The molecule has 2 rings (SSSR count). The Balaban J connectivity index is 2.15. The van der Waals surface area contributed by atoms with E-state index in [9.17, 15) is 19.5 Å². The van der Waals surface area contributed by atoms with Crippen LogP contribution in [0, 0.1) is 0 Å². The van der Waals surface area contributed by atoms with Crippen LogP contribution in [0.25, 0.3) is 0 Å². The monoisotopic (exact) mass is 344 g/mol. The Morgan fingerprint density at radius 1 is 1.04 bits per heavy atom. The smallest absolute Gasteiger partial charge is 0.322 e. The van der Waals surface area contributed by atoms with E-state index >= 15 is 0 Å². The molecule has 2 amide bonds. The van der Waals surface area contributed by atoms with Crippen LogP contribution in [0.2, 0.25) is 0 Å². The number of carbonyl (C=O) groups is 3. The number of aliphatic carboxylic acids is 1. The summed E-state index contributed by atoms with van der Waals surface area (Å²) in [6, 6.07) is 9.26. The Morgan fingerprint density at radius 3 is 2.32 bits per heavy atom. The van der Waals surface area contributed by atoms with E-state index in [4.69, 9.17) is 5.11 Å². The quantitative estimate of drug-likeness (QED) is 0.519. The van der Waals surface area contributed by atoms with Crippen LogP contribution >= 0.6 is 0 Å². The molecular weight excluding hydrogens is 328 g/mol. The fourth-order valence-electron chi connectivity index (χ4n) is 1.93. The van der Waals surface area contributed by atoms with Crippen molar-refractivity contribution < 1.29 is 24.6 Å². The van der Waals surface area contributed by atoms with Crippen LogP contribution in [0.15, 0.2) is 36.4 Å². The average Bonchev–Trinajstić information content (AvgIpc) is 2.61. The third-order valence-corrected chi connectivity index (χ3v) is 3.14. The Morgan fingerprint density at radius 2 is 1.72 bits per heavy atom. The van der Waals surface area contributed by atoms with Crippen molar-refractivity contribution in [1.29, 1.82) is 0 Å². The summed E-state index contributed by atoms with van der Waals surface area (Å²) < 4.78 is 0. The SMILES string of the molecule is CNC(=O)c1ccc(Nc2ccc(O)c(C(=O)NCC(=O)O)n2)cc1. The first kappa shape index (κ1) is 17.7. The number of hydrogen-bond acceptors (Lipinski definition) is 6. The third kappa shape index (κ3) is 4.67. The molecule has 1 aromatic carbocycles. The minimum atomic E-state index is -1.21. The van der Waals surface area contributed by atoms with Gasteiger partial charge in [0.1, 0.15) is 18.1 Å². The molecule has 0 aliphatic heterocycles. The normalized spacial score (nSPS) is 9.96. The predicted molar refractivity (Wildman–Crippen MR) is 89.0 cm³/mol. The molecule has 0 aliphatic rings. The highest BCUT2D eigenvalue weighted by molar-refractivity contribution is 5.97. The molecule has 9 heteroatoms. The van der Waals surface area contributed by atoms with Gasteiger partial charge in [0.2, 0.25) is 0 Å². The number of carboxylic acid groups (broad SMARTS) is 1. The van der Waals surface area contributed by atoms with Crippen LogP contribution in [0.5, 0.6) is 5.75 Å². The maximum atomic E-state index is 11.9. The van der Waals surface area contributed by atoms with Crippen LogP contribution in [0.3, 0.4) is 0 Å². The van der Waals surface area contributed by atoms with E-state index in [1.54, 1.807) is 24.3 Å². The van der Waals surface area contributed by atoms with Crippen LogP contribution < -0.4 is 16.0 Å². The lowest BCUT2D eigenvalue weighted by molar-refractivity contribution is -0.135. The molecule has 0 radical (unpaired) electrons. The molecule has 0 saturated carbocycles. The number of rotatable bonds is 6. The third-order valence-electron chi connectivity index (χ3n) is 3.14. The number of carbonyl (C=O) groups excluding carboxylic acids is 2. The number of amides is 2. The highest BCUT2D eigenvalue weighted by Crippen LogP contribution is 2.21. The predicted octanol–water partition coefficient (Wildman–Crippen LogP) is 0.705. The first-order valence-corrected chi connectivity index (χ1v) is 7.20. The zero-order valence-corrected chi connectivity index (χ0v) is 13.2. The Bertz CT molecular complexity index is 805. The lowest BCUT2D eigenvalue weighted by atomic mass is 10.2. The molecule has 1 aromatic heterocycles. The van der Waals surface area contributed by atoms with Gasteiger partial charge in [-0.2, -0.15) is 0 Å². The Kier molecular flexibility index (Phi) is 5.51. The second-order valence-electron chi connectivity index (χ2n) is 4.92. The molecule has 0 bridgehead atoms. The van der Waals surface area contributed by atoms with Crippen molar-refractivity contribution in [3.8, 4) is 5.75 Å². The van der Waals surface area contributed by atoms with E-state index in [0.717, 1.165) is 0 Å². The molecule has 0 fully saturated rings. The van der Waals surface area contributed by atoms with Gasteiger partial charge in [0.15, 0.2) is 5.69 Å². The second kappa shape index (κ2) is 7.77. The van der Waals surface area contributed by atoms with Gasteiger partial charge in [0.25, 0.3) is 11.8 Å². The zero-order valence-electron chi connectivity index (χ0n) is 13.2. The first-order chi connectivity index (χ1) is 11.9. The van der Waals surface area contributed by atoms with E-state index in [0.29, 0.717) is 11.3 Å². The topological polar surface area (TPSA) is 141 Å². The standard InChI is InChI=1S/C16H16N4O5/c1-17-15(24)9-2-4-10(5-3-9)19-12-7-6-11(21)14(20-12)16(25)18-8-13(22)23/h2-7,21H,8H2,1H3,(H,17,24)(H,18,25)(H,19,20)(H,22,23). The Hall–Kier alpha value is -3.62. The summed E-state index contributed by atoms with van der Waals surface area (Å²) in [7, 11) is 1.53. The summed E-state index contributed by atoms with van der Waals surface area (Å²) in [5, 5.41) is 25.8. The van der Waals surface area contributed by atoms with Crippen LogP contribution in [0.4, 0.5) is 11.5 Å². The largest absolute Gasteiger partial charge is 0.505 e. The zero-order chi connectivity index (χ0) is 18.4. The number of aromatic hydroxyl groups is 1. The van der Waals surface area contributed by atoms with Gasteiger partial charge in [0, 0.05) is 18.3 Å². The summed E-state index contributed by atoms with van der Waals surface area (Å²) >= 11 is 0. The van der Waals surface area contributed by atoms with Gasteiger partial charge in [-0.25, -0.2) is 4.98 Å². The molecule has 5 N–H and O–H groups in total. The van der Waals surface area contributed by atoms with Crippen molar-refractivity contribution in [2.75, 3.05) is 18.9 Å². The van der Waals surface area contributed by atoms with Crippen molar-refractivity contribution >= 4 is 29.3 Å². The van der Waals surface area contributed by atoms with Gasteiger partial charge in [-0.3, -0.25) is 14.4 Å². The summed E-state index contributed by atoms with van der Waals surface area (Å²) in [5.41, 5.74) is 0.802. The van der Waals surface area contributed by atoms with Gasteiger partial charge in [0.05, 0.1) is 0 Å². The minimum absolute atomic E-state index is 0.216. The number of benzene rings is 1. The molecule has 0 aliphatic carbocycles. The highest BCUT2D eigenvalue weighted by atomic mass is 16.4. The van der Waals surface area contributed by atoms with Crippen molar-refractivity contribution in [3.05, 3.63) is 47.7 Å². The second-order valence-corrected chi connectivity index (χ2v) is 4.92. The van der Waals surface area contributed by atoms with E-state index in [1.165, 1.54) is 19.2 Å². The van der Waals surface area contributed by atoms with Crippen LogP contribution in [0.1, 0.15) is 20.8 Å². The molecule has 0 unspecified atom stereocenters. The van der Waals surface area contributed by atoms with Crippen LogP contribution in [-0.4, -0.2) is 46.6 Å². The molecule has 1 heterocycles. The molecule has 0 atom stereocenters. The molecule has 130 valence electrons. The van der Waals surface area contributed by atoms with Gasteiger partial charge >= 0.3 is 5.97 Å². The van der Waals surface area contributed by atoms with Crippen LogP contribution in [-0.2, 0) is 4.79 Å². The number of aromatic nitrogens is 1. The molecule has 0 saturated heterocycles. The summed E-state index contributed by atoms with van der Waals surface area (Å²) in [6.07, 6.45) is 0.